The van der Waals surface area contributed by atoms with Crippen LogP contribution in [0.4, 0.5) is 4.79 Å². The minimum atomic E-state index is -0.721. The number of nitrogens with one attached hydrogen (secondary N) is 1. The predicted octanol–water partition coefficient (Wildman–Crippen LogP) is 2.77. The maximum absolute atomic E-state index is 11.9. The summed E-state index contributed by atoms with van der Waals surface area (Å²) in [5, 5.41) is 0.443. The molecule has 0 aliphatic heterocycles. The third-order valence-electron chi connectivity index (χ3n) is 2.22. The van der Waals surface area contributed by atoms with E-state index in [1.54, 1.807) is 39.0 Å². The number of nitrogens with zero attached hydrogens (tertiary/aromatic N) is 1. The highest BCUT2D eigenvalue weighted by molar-refractivity contribution is 6.31. The van der Waals surface area contributed by atoms with Crippen molar-refractivity contribution in [3.63, 3.8) is 0 Å². The first-order valence-corrected chi connectivity index (χ1v) is 5.79. The van der Waals surface area contributed by atoms with E-state index in [0.29, 0.717) is 16.1 Å². The van der Waals surface area contributed by atoms with Crippen molar-refractivity contribution in [3.05, 3.63) is 33.7 Å². The molecular weight excluding hydrogens is 256 g/mol. The van der Waals surface area contributed by atoms with E-state index in [9.17, 15) is 9.59 Å². The summed E-state index contributed by atoms with van der Waals surface area (Å²) >= 11 is 5.86. The van der Waals surface area contributed by atoms with Gasteiger partial charge in [-0.25, -0.2) is 9.59 Å². The van der Waals surface area contributed by atoms with Crippen molar-refractivity contribution in [1.29, 1.82) is 0 Å². The van der Waals surface area contributed by atoms with Crippen LogP contribution in [0.3, 0.4) is 0 Å². The van der Waals surface area contributed by atoms with Crippen LogP contribution < -0.4 is 5.69 Å². The zero-order valence-corrected chi connectivity index (χ0v) is 11.0. The Morgan fingerprint density at radius 2 is 2.06 bits per heavy atom. The molecule has 2 rings (SSSR count). The number of ether oxygens (including phenoxy) is 1. The molecule has 2 aromatic rings. The maximum Gasteiger partial charge on any atom is 0.423 e. The lowest BCUT2D eigenvalue weighted by molar-refractivity contribution is 0.0538. The van der Waals surface area contributed by atoms with Crippen LogP contribution in [0.15, 0.2) is 23.0 Å². The minimum Gasteiger partial charge on any atom is -0.443 e. The Bertz CT molecular complexity index is 664. The number of H-pyrrole nitrogens is 1. The highest BCUT2D eigenvalue weighted by atomic mass is 35.5. The first kappa shape index (κ1) is 12.7. The number of hydrogen-bond donors (Lipinski definition) is 1. The lowest BCUT2D eigenvalue weighted by Gasteiger charge is -2.19. The highest BCUT2D eigenvalue weighted by Gasteiger charge is 2.21. The fraction of sp³-hybridized carbons (Fsp3) is 0.333. The summed E-state index contributed by atoms with van der Waals surface area (Å²) in [7, 11) is 0. The van der Waals surface area contributed by atoms with Crippen LogP contribution in [0, 0.1) is 0 Å². The van der Waals surface area contributed by atoms with E-state index in [0.717, 1.165) is 4.57 Å². The fourth-order valence-corrected chi connectivity index (χ4v) is 1.73. The van der Waals surface area contributed by atoms with Gasteiger partial charge in [0, 0.05) is 5.02 Å². The molecule has 1 N–H and O–H groups in total. The standard InChI is InChI=1S/C12H13ClN2O3/c1-12(2,3)18-11(17)15-9-6-7(13)4-5-8(9)14-10(15)16/h4-6H,1-3H3,(H,14,16). The summed E-state index contributed by atoms with van der Waals surface area (Å²) in [6, 6.07) is 4.82. The Morgan fingerprint density at radius 1 is 1.39 bits per heavy atom. The average molecular weight is 269 g/mol. The first-order valence-electron chi connectivity index (χ1n) is 5.41. The number of carbonyl (C=O) groups excluding carboxylic acids is 1. The van der Waals surface area contributed by atoms with Crippen LogP contribution in [0.1, 0.15) is 20.8 Å². The number of fused-ring (bicyclic) bond motifs is 1. The zero-order valence-electron chi connectivity index (χ0n) is 10.3. The van der Waals surface area contributed by atoms with Gasteiger partial charge in [-0.15, -0.1) is 0 Å². The fourth-order valence-electron chi connectivity index (χ4n) is 1.56. The Hall–Kier alpha value is -1.75. The van der Waals surface area contributed by atoms with Crippen LogP contribution in [-0.2, 0) is 4.74 Å². The molecule has 0 radical (unpaired) electrons. The van der Waals surface area contributed by atoms with Gasteiger partial charge in [-0.2, -0.15) is 4.57 Å². The molecule has 0 spiro atoms. The van der Waals surface area contributed by atoms with Crippen molar-refractivity contribution in [2.24, 2.45) is 0 Å². The molecule has 6 heteroatoms. The molecule has 0 atom stereocenters. The third kappa shape index (κ3) is 2.41. The second-order valence-corrected chi connectivity index (χ2v) is 5.34. The lowest BCUT2D eigenvalue weighted by atomic mass is 10.2. The number of halogens is 1. The summed E-state index contributed by atoms with van der Waals surface area (Å²) in [6.45, 7) is 5.20. The Balaban J connectivity index is 2.57. The van der Waals surface area contributed by atoms with E-state index < -0.39 is 17.4 Å². The van der Waals surface area contributed by atoms with Crippen molar-refractivity contribution >= 4 is 28.7 Å². The number of aromatic amines is 1. The van der Waals surface area contributed by atoms with E-state index in [2.05, 4.69) is 4.98 Å². The van der Waals surface area contributed by atoms with Crippen molar-refractivity contribution in [1.82, 2.24) is 9.55 Å². The molecule has 18 heavy (non-hydrogen) atoms. The van der Waals surface area contributed by atoms with Crippen LogP contribution in [-0.4, -0.2) is 21.2 Å². The normalized spacial score (nSPS) is 11.8. The van der Waals surface area contributed by atoms with Gasteiger partial charge in [0.05, 0.1) is 11.0 Å². The number of hydrogen-bond acceptors (Lipinski definition) is 3. The molecule has 1 aromatic carbocycles. The number of imidazole rings is 1. The molecule has 0 bridgehead atoms. The third-order valence-corrected chi connectivity index (χ3v) is 2.46. The first-order chi connectivity index (χ1) is 8.28. The van der Waals surface area contributed by atoms with Crippen LogP contribution >= 0.6 is 11.6 Å². The van der Waals surface area contributed by atoms with Crippen LogP contribution in [0.25, 0.3) is 11.0 Å². The predicted molar refractivity (Wildman–Crippen MR) is 69.2 cm³/mol. The molecule has 0 fully saturated rings. The van der Waals surface area contributed by atoms with E-state index >= 15 is 0 Å². The summed E-state index contributed by atoms with van der Waals surface area (Å²) < 4.78 is 6.11. The summed E-state index contributed by atoms with van der Waals surface area (Å²) in [4.78, 5) is 26.3. The Labute approximate surface area is 108 Å². The molecule has 1 aromatic heterocycles. The lowest BCUT2D eigenvalue weighted by Crippen LogP contribution is -2.32. The van der Waals surface area contributed by atoms with E-state index in [4.69, 9.17) is 16.3 Å². The summed E-state index contributed by atoms with van der Waals surface area (Å²) in [5.74, 6) is 0. The van der Waals surface area contributed by atoms with Crippen molar-refractivity contribution in [2.45, 2.75) is 26.4 Å². The number of rotatable bonds is 0. The molecule has 0 aliphatic carbocycles. The number of carbonyl (C=O) groups is 1. The molecule has 0 unspecified atom stereocenters. The molecule has 0 saturated carbocycles. The van der Waals surface area contributed by atoms with Gasteiger partial charge in [0.15, 0.2) is 0 Å². The van der Waals surface area contributed by atoms with Crippen LogP contribution in [0.5, 0.6) is 0 Å². The van der Waals surface area contributed by atoms with Crippen LogP contribution in [0.2, 0.25) is 5.02 Å². The average Bonchev–Trinajstić information content (AvgIpc) is 2.50. The Morgan fingerprint density at radius 3 is 2.67 bits per heavy atom. The SMILES string of the molecule is CC(C)(C)OC(=O)n1c(=O)[nH]c2ccc(Cl)cc21. The molecule has 0 saturated heterocycles. The maximum atomic E-state index is 11.9. The van der Waals surface area contributed by atoms with E-state index in [-0.39, 0.29) is 0 Å². The second-order valence-electron chi connectivity index (χ2n) is 4.91. The van der Waals surface area contributed by atoms with Gasteiger partial charge in [-0.3, -0.25) is 0 Å². The van der Waals surface area contributed by atoms with Gasteiger partial charge in [0.2, 0.25) is 0 Å². The van der Waals surface area contributed by atoms with Crippen molar-refractivity contribution < 1.29 is 9.53 Å². The number of aromatic nitrogens is 2. The quantitative estimate of drug-likeness (QED) is 0.799. The molecule has 1 heterocycles. The van der Waals surface area contributed by atoms with E-state index in [1.807, 2.05) is 0 Å². The van der Waals surface area contributed by atoms with Gasteiger partial charge in [-0.05, 0) is 39.0 Å². The largest absolute Gasteiger partial charge is 0.443 e. The minimum absolute atomic E-state index is 0.404. The summed E-state index contributed by atoms with van der Waals surface area (Å²) in [5.41, 5.74) is -0.267. The second kappa shape index (κ2) is 4.17. The molecular formula is C12H13ClN2O3. The monoisotopic (exact) mass is 268 g/mol. The van der Waals surface area contributed by atoms with Gasteiger partial charge in [0.1, 0.15) is 5.60 Å². The Kier molecular flexibility index (Phi) is 2.94. The molecule has 96 valence electrons. The van der Waals surface area contributed by atoms with Crippen molar-refractivity contribution in [3.8, 4) is 0 Å². The smallest absolute Gasteiger partial charge is 0.423 e. The van der Waals surface area contributed by atoms with E-state index in [1.165, 1.54) is 0 Å². The highest BCUT2D eigenvalue weighted by Crippen LogP contribution is 2.18. The number of benzene rings is 1. The van der Waals surface area contributed by atoms with Gasteiger partial charge >= 0.3 is 11.8 Å². The molecule has 0 aliphatic rings. The van der Waals surface area contributed by atoms with Crippen molar-refractivity contribution in [2.75, 3.05) is 0 Å². The molecule has 5 nitrogen and oxygen atoms in total. The van der Waals surface area contributed by atoms with Gasteiger partial charge in [-0.1, -0.05) is 11.6 Å². The van der Waals surface area contributed by atoms with Gasteiger partial charge < -0.3 is 9.72 Å². The summed E-state index contributed by atoms with van der Waals surface area (Å²) in [6.07, 6.45) is -0.721. The van der Waals surface area contributed by atoms with Gasteiger partial charge in [0.25, 0.3) is 0 Å². The topological polar surface area (TPSA) is 64.1 Å². The molecule has 0 amide bonds. The zero-order chi connectivity index (χ0) is 13.5.